The quantitative estimate of drug-likeness (QED) is 0.511. The fraction of sp³-hybridized carbons (Fsp3) is 0.0952. The minimum Gasteiger partial charge on any atom is -0.388 e. The Bertz CT molecular complexity index is 1020. The van der Waals surface area contributed by atoms with E-state index in [1.165, 1.54) is 0 Å². The summed E-state index contributed by atoms with van der Waals surface area (Å²) in [6.07, 6.45) is 3.43. The number of aromatic amines is 1. The molecule has 0 aliphatic carbocycles. The zero-order valence-corrected chi connectivity index (χ0v) is 14.5. The molecule has 6 nitrogen and oxygen atoms in total. The third kappa shape index (κ3) is 3.56. The van der Waals surface area contributed by atoms with Gasteiger partial charge < -0.3 is 15.4 Å². The SMILES string of the molecule is O=C(N[C@H](c1ccccc1)c1ccncc1)c1ccc2nc(CO)[nH]c2c1. The Balaban J connectivity index is 1.65. The lowest BCUT2D eigenvalue weighted by molar-refractivity contribution is 0.0943. The summed E-state index contributed by atoms with van der Waals surface area (Å²) in [5, 5.41) is 12.3. The number of nitrogens with zero attached hydrogens (tertiary/aromatic N) is 2. The van der Waals surface area contributed by atoms with Crippen LogP contribution >= 0.6 is 0 Å². The van der Waals surface area contributed by atoms with Crippen LogP contribution in [-0.2, 0) is 6.61 Å². The number of aromatic nitrogens is 3. The van der Waals surface area contributed by atoms with E-state index in [1.807, 2.05) is 42.5 Å². The van der Waals surface area contributed by atoms with Crippen LogP contribution in [0.4, 0.5) is 0 Å². The maximum atomic E-state index is 12.9. The van der Waals surface area contributed by atoms with Crippen molar-refractivity contribution in [3.05, 3.63) is 95.6 Å². The maximum Gasteiger partial charge on any atom is 0.252 e. The van der Waals surface area contributed by atoms with Crippen LogP contribution in [0.5, 0.6) is 0 Å². The molecule has 0 bridgehead atoms. The van der Waals surface area contributed by atoms with Gasteiger partial charge in [-0.1, -0.05) is 30.3 Å². The summed E-state index contributed by atoms with van der Waals surface area (Å²) in [6.45, 7) is -0.172. The van der Waals surface area contributed by atoms with Gasteiger partial charge in [0, 0.05) is 18.0 Å². The van der Waals surface area contributed by atoms with Gasteiger partial charge >= 0.3 is 0 Å². The van der Waals surface area contributed by atoms with Crippen molar-refractivity contribution < 1.29 is 9.90 Å². The number of carbonyl (C=O) groups excluding carboxylic acids is 1. The molecule has 1 atom stereocenters. The molecular weight excluding hydrogens is 340 g/mol. The van der Waals surface area contributed by atoms with Crippen molar-refractivity contribution in [1.29, 1.82) is 0 Å². The summed E-state index contributed by atoms with van der Waals surface area (Å²) in [6, 6.07) is 18.5. The standard InChI is InChI=1S/C21H18N4O2/c26-13-19-23-17-7-6-16(12-18(17)24-19)21(27)25-20(14-4-2-1-3-5-14)15-8-10-22-11-9-15/h1-12,20,26H,13H2,(H,23,24)(H,25,27)/t20-/m1/s1. The molecule has 27 heavy (non-hydrogen) atoms. The van der Waals surface area contributed by atoms with Crippen molar-refractivity contribution in [1.82, 2.24) is 20.3 Å². The van der Waals surface area contributed by atoms with E-state index >= 15 is 0 Å². The summed E-state index contributed by atoms with van der Waals surface area (Å²) in [7, 11) is 0. The van der Waals surface area contributed by atoms with Crippen LogP contribution in [-0.4, -0.2) is 26.0 Å². The minimum absolute atomic E-state index is 0.172. The van der Waals surface area contributed by atoms with E-state index in [0.717, 1.165) is 11.1 Å². The molecule has 2 aromatic carbocycles. The van der Waals surface area contributed by atoms with Gasteiger partial charge in [-0.2, -0.15) is 0 Å². The second-order valence-electron chi connectivity index (χ2n) is 6.17. The van der Waals surface area contributed by atoms with Crippen LogP contribution in [0.25, 0.3) is 11.0 Å². The van der Waals surface area contributed by atoms with Crippen LogP contribution in [0.15, 0.2) is 73.1 Å². The van der Waals surface area contributed by atoms with Gasteiger partial charge in [0.05, 0.1) is 17.1 Å². The lowest BCUT2D eigenvalue weighted by atomic mass is 9.99. The van der Waals surface area contributed by atoms with Crippen molar-refractivity contribution in [2.24, 2.45) is 0 Å². The fourth-order valence-corrected chi connectivity index (χ4v) is 3.05. The third-order valence-corrected chi connectivity index (χ3v) is 4.39. The van der Waals surface area contributed by atoms with Crippen LogP contribution in [0.1, 0.15) is 33.4 Å². The van der Waals surface area contributed by atoms with Gasteiger partial charge in [0.1, 0.15) is 12.4 Å². The van der Waals surface area contributed by atoms with E-state index in [4.69, 9.17) is 0 Å². The number of aliphatic hydroxyl groups is 1. The lowest BCUT2D eigenvalue weighted by Gasteiger charge is -2.19. The number of carbonyl (C=O) groups is 1. The second-order valence-corrected chi connectivity index (χ2v) is 6.17. The van der Waals surface area contributed by atoms with Gasteiger partial charge in [0.2, 0.25) is 0 Å². The first-order valence-electron chi connectivity index (χ1n) is 8.60. The van der Waals surface area contributed by atoms with Crippen LogP contribution in [0.2, 0.25) is 0 Å². The number of amides is 1. The highest BCUT2D eigenvalue weighted by atomic mass is 16.3. The molecular formula is C21H18N4O2. The van der Waals surface area contributed by atoms with Gasteiger partial charge in [0.15, 0.2) is 0 Å². The van der Waals surface area contributed by atoms with E-state index in [1.54, 1.807) is 30.6 Å². The number of fused-ring (bicyclic) bond motifs is 1. The van der Waals surface area contributed by atoms with Crippen LogP contribution in [0.3, 0.4) is 0 Å². The molecule has 4 aromatic rings. The van der Waals surface area contributed by atoms with E-state index < -0.39 is 0 Å². The minimum atomic E-state index is -0.285. The first-order valence-corrected chi connectivity index (χ1v) is 8.60. The molecule has 0 aliphatic rings. The lowest BCUT2D eigenvalue weighted by Crippen LogP contribution is -2.29. The van der Waals surface area contributed by atoms with Crippen molar-refractivity contribution in [2.75, 3.05) is 0 Å². The van der Waals surface area contributed by atoms with Gasteiger partial charge in [0.25, 0.3) is 5.91 Å². The smallest absolute Gasteiger partial charge is 0.252 e. The molecule has 0 radical (unpaired) electrons. The molecule has 2 aromatic heterocycles. The molecule has 3 N–H and O–H groups in total. The monoisotopic (exact) mass is 358 g/mol. The summed E-state index contributed by atoms with van der Waals surface area (Å²) < 4.78 is 0. The first kappa shape index (κ1) is 16.9. The van der Waals surface area contributed by atoms with Gasteiger partial charge in [-0.25, -0.2) is 4.98 Å². The Morgan fingerprint density at radius 3 is 2.52 bits per heavy atom. The van der Waals surface area contributed by atoms with E-state index in [-0.39, 0.29) is 18.6 Å². The number of nitrogens with one attached hydrogen (secondary N) is 2. The van der Waals surface area contributed by atoms with E-state index in [9.17, 15) is 9.90 Å². The van der Waals surface area contributed by atoms with Crippen LogP contribution in [0, 0.1) is 0 Å². The summed E-state index contributed by atoms with van der Waals surface area (Å²) >= 11 is 0. The number of hydrogen-bond acceptors (Lipinski definition) is 4. The Morgan fingerprint density at radius 1 is 1.04 bits per heavy atom. The maximum absolute atomic E-state index is 12.9. The van der Waals surface area contributed by atoms with Crippen molar-refractivity contribution in [2.45, 2.75) is 12.6 Å². The Hall–Kier alpha value is -3.51. The van der Waals surface area contributed by atoms with E-state index in [0.29, 0.717) is 22.4 Å². The van der Waals surface area contributed by atoms with E-state index in [2.05, 4.69) is 20.3 Å². The number of H-pyrrole nitrogens is 1. The van der Waals surface area contributed by atoms with Gasteiger partial charge in [-0.15, -0.1) is 0 Å². The number of imidazole rings is 1. The third-order valence-electron chi connectivity index (χ3n) is 4.39. The Kier molecular flexibility index (Phi) is 4.63. The second kappa shape index (κ2) is 7.39. The zero-order valence-electron chi connectivity index (χ0n) is 14.5. The molecule has 0 spiro atoms. The summed E-state index contributed by atoms with van der Waals surface area (Å²) in [5.74, 6) is 0.282. The highest BCUT2D eigenvalue weighted by Gasteiger charge is 2.18. The highest BCUT2D eigenvalue weighted by molar-refractivity contribution is 5.97. The fourth-order valence-electron chi connectivity index (χ4n) is 3.05. The predicted octanol–water partition coefficient (Wildman–Crippen LogP) is 2.97. The molecule has 0 saturated carbocycles. The molecule has 4 rings (SSSR count). The molecule has 0 fully saturated rings. The van der Waals surface area contributed by atoms with Crippen molar-refractivity contribution in [3.63, 3.8) is 0 Å². The Labute approximate surface area is 155 Å². The number of aliphatic hydroxyl groups excluding tert-OH is 1. The summed E-state index contributed by atoms with van der Waals surface area (Å²) in [4.78, 5) is 24.2. The normalized spacial score (nSPS) is 12.0. The predicted molar refractivity (Wildman–Crippen MR) is 102 cm³/mol. The molecule has 0 aliphatic heterocycles. The number of benzene rings is 2. The number of rotatable bonds is 5. The molecule has 6 heteroatoms. The van der Waals surface area contributed by atoms with Crippen LogP contribution < -0.4 is 5.32 Å². The number of pyridine rings is 1. The molecule has 2 heterocycles. The average Bonchev–Trinajstić information content (AvgIpc) is 3.15. The largest absolute Gasteiger partial charge is 0.388 e. The van der Waals surface area contributed by atoms with Gasteiger partial charge in [-0.05, 0) is 41.5 Å². The first-order chi connectivity index (χ1) is 13.2. The average molecular weight is 358 g/mol. The molecule has 0 saturated heterocycles. The summed E-state index contributed by atoms with van der Waals surface area (Å²) in [5.41, 5.74) is 3.89. The highest BCUT2D eigenvalue weighted by Crippen LogP contribution is 2.22. The number of hydrogen-bond donors (Lipinski definition) is 3. The topological polar surface area (TPSA) is 90.9 Å². The molecule has 1 amide bonds. The van der Waals surface area contributed by atoms with Crippen molar-refractivity contribution in [3.8, 4) is 0 Å². The van der Waals surface area contributed by atoms with Crippen molar-refractivity contribution >= 4 is 16.9 Å². The Morgan fingerprint density at radius 2 is 1.78 bits per heavy atom. The zero-order chi connectivity index (χ0) is 18.6. The molecule has 0 unspecified atom stereocenters. The van der Waals surface area contributed by atoms with Gasteiger partial charge in [-0.3, -0.25) is 9.78 Å². The molecule has 134 valence electrons.